The molecular formula is C16H28N2O. The molecular weight excluding hydrogens is 236 g/mol. The minimum atomic E-state index is 0.478. The molecule has 1 aliphatic heterocycles. The van der Waals surface area contributed by atoms with Crippen LogP contribution in [-0.2, 0) is 6.54 Å². The SMILES string of the molecule is CC(C)(C)C1CCN(CCNCc2ccoc2)CC1. The van der Waals surface area contributed by atoms with Crippen LogP contribution in [0.5, 0.6) is 0 Å². The Bertz CT molecular complexity index is 345. The summed E-state index contributed by atoms with van der Waals surface area (Å²) in [6, 6.07) is 2.02. The van der Waals surface area contributed by atoms with E-state index in [4.69, 9.17) is 4.42 Å². The first-order valence-corrected chi connectivity index (χ1v) is 7.50. The fraction of sp³-hybridized carbons (Fsp3) is 0.750. The van der Waals surface area contributed by atoms with Crippen molar-refractivity contribution in [3.63, 3.8) is 0 Å². The molecule has 0 bridgehead atoms. The number of rotatable bonds is 5. The van der Waals surface area contributed by atoms with Gasteiger partial charge in [-0.15, -0.1) is 0 Å². The average Bonchev–Trinajstić information content (AvgIpc) is 2.87. The van der Waals surface area contributed by atoms with Crippen molar-refractivity contribution in [3.05, 3.63) is 24.2 Å². The Labute approximate surface area is 117 Å². The van der Waals surface area contributed by atoms with Crippen molar-refractivity contribution >= 4 is 0 Å². The van der Waals surface area contributed by atoms with Gasteiger partial charge in [0.25, 0.3) is 0 Å². The second kappa shape index (κ2) is 6.58. The summed E-state index contributed by atoms with van der Waals surface area (Å²) in [5, 5.41) is 3.47. The summed E-state index contributed by atoms with van der Waals surface area (Å²) < 4.78 is 5.05. The molecule has 0 spiro atoms. The molecule has 0 atom stereocenters. The lowest BCUT2D eigenvalue weighted by atomic mass is 9.75. The lowest BCUT2D eigenvalue weighted by Gasteiger charge is -2.38. The van der Waals surface area contributed by atoms with E-state index < -0.39 is 0 Å². The smallest absolute Gasteiger partial charge is 0.0947 e. The Morgan fingerprint density at radius 2 is 2.05 bits per heavy atom. The lowest BCUT2D eigenvalue weighted by Crippen LogP contribution is -2.40. The van der Waals surface area contributed by atoms with Gasteiger partial charge in [-0.1, -0.05) is 20.8 Å². The topological polar surface area (TPSA) is 28.4 Å². The molecule has 3 heteroatoms. The summed E-state index contributed by atoms with van der Waals surface area (Å²) >= 11 is 0. The van der Waals surface area contributed by atoms with Gasteiger partial charge in [0, 0.05) is 25.2 Å². The molecule has 1 aliphatic rings. The summed E-state index contributed by atoms with van der Waals surface area (Å²) in [7, 11) is 0. The highest BCUT2D eigenvalue weighted by Crippen LogP contribution is 2.33. The van der Waals surface area contributed by atoms with Gasteiger partial charge in [-0.3, -0.25) is 0 Å². The maximum atomic E-state index is 5.05. The number of likely N-dealkylation sites (tertiary alicyclic amines) is 1. The average molecular weight is 264 g/mol. The van der Waals surface area contributed by atoms with Crippen LogP contribution in [0.15, 0.2) is 23.0 Å². The van der Waals surface area contributed by atoms with Crippen molar-refractivity contribution in [2.75, 3.05) is 26.2 Å². The molecule has 1 fully saturated rings. The molecule has 0 aliphatic carbocycles. The van der Waals surface area contributed by atoms with E-state index in [1.54, 1.807) is 6.26 Å². The van der Waals surface area contributed by atoms with Crippen molar-refractivity contribution in [1.82, 2.24) is 10.2 Å². The van der Waals surface area contributed by atoms with Gasteiger partial charge in [-0.25, -0.2) is 0 Å². The zero-order valence-electron chi connectivity index (χ0n) is 12.6. The number of nitrogens with zero attached hydrogens (tertiary/aromatic N) is 1. The standard InChI is InChI=1S/C16H28N2O/c1-16(2,3)15-4-8-18(9-5-15)10-7-17-12-14-6-11-19-13-14/h6,11,13,15,17H,4-5,7-10,12H2,1-3H3. The van der Waals surface area contributed by atoms with E-state index in [1.807, 2.05) is 12.3 Å². The molecule has 108 valence electrons. The highest BCUT2D eigenvalue weighted by atomic mass is 16.3. The van der Waals surface area contributed by atoms with Gasteiger partial charge in [-0.05, 0) is 43.3 Å². The zero-order valence-corrected chi connectivity index (χ0v) is 12.6. The first-order valence-electron chi connectivity index (χ1n) is 7.50. The summed E-state index contributed by atoms with van der Waals surface area (Å²) in [6.07, 6.45) is 6.24. The number of nitrogens with one attached hydrogen (secondary N) is 1. The number of piperidine rings is 1. The van der Waals surface area contributed by atoms with E-state index >= 15 is 0 Å². The Hall–Kier alpha value is -0.800. The van der Waals surface area contributed by atoms with Crippen LogP contribution in [0.25, 0.3) is 0 Å². The van der Waals surface area contributed by atoms with E-state index in [0.29, 0.717) is 5.41 Å². The van der Waals surface area contributed by atoms with E-state index in [1.165, 1.54) is 31.5 Å². The van der Waals surface area contributed by atoms with Crippen LogP contribution in [0.3, 0.4) is 0 Å². The predicted molar refractivity (Wildman–Crippen MR) is 79.0 cm³/mol. The van der Waals surface area contributed by atoms with Crippen LogP contribution in [0.4, 0.5) is 0 Å². The molecule has 0 aromatic carbocycles. The normalized spacial score (nSPS) is 18.9. The Balaban J connectivity index is 1.58. The third kappa shape index (κ3) is 4.66. The van der Waals surface area contributed by atoms with Crippen LogP contribution in [0, 0.1) is 11.3 Å². The maximum Gasteiger partial charge on any atom is 0.0947 e. The summed E-state index contributed by atoms with van der Waals surface area (Å²) in [6.45, 7) is 12.8. The first kappa shape index (κ1) is 14.6. The van der Waals surface area contributed by atoms with Crippen molar-refractivity contribution in [2.45, 2.75) is 40.2 Å². The first-order chi connectivity index (χ1) is 9.05. The largest absolute Gasteiger partial charge is 0.472 e. The van der Waals surface area contributed by atoms with Gasteiger partial charge in [0.2, 0.25) is 0 Å². The second-order valence-corrected chi connectivity index (χ2v) is 6.79. The van der Waals surface area contributed by atoms with Crippen molar-refractivity contribution in [3.8, 4) is 0 Å². The second-order valence-electron chi connectivity index (χ2n) is 6.79. The molecule has 19 heavy (non-hydrogen) atoms. The molecule has 0 unspecified atom stereocenters. The van der Waals surface area contributed by atoms with Crippen molar-refractivity contribution < 1.29 is 4.42 Å². The molecule has 0 radical (unpaired) electrons. The van der Waals surface area contributed by atoms with Crippen molar-refractivity contribution in [1.29, 1.82) is 0 Å². The number of hydrogen-bond donors (Lipinski definition) is 1. The van der Waals surface area contributed by atoms with Crippen LogP contribution in [-0.4, -0.2) is 31.1 Å². The molecule has 1 aromatic rings. The van der Waals surface area contributed by atoms with Crippen LogP contribution >= 0.6 is 0 Å². The van der Waals surface area contributed by atoms with Crippen molar-refractivity contribution in [2.24, 2.45) is 11.3 Å². The Morgan fingerprint density at radius 1 is 1.32 bits per heavy atom. The molecule has 0 amide bonds. The Morgan fingerprint density at radius 3 is 2.63 bits per heavy atom. The third-order valence-corrected chi connectivity index (χ3v) is 4.33. The number of furan rings is 1. The van der Waals surface area contributed by atoms with Gasteiger partial charge >= 0.3 is 0 Å². The maximum absolute atomic E-state index is 5.05. The molecule has 1 N–H and O–H groups in total. The van der Waals surface area contributed by atoms with Gasteiger partial charge in [0.05, 0.1) is 12.5 Å². The Kier molecular flexibility index (Phi) is 5.06. The zero-order chi connectivity index (χ0) is 13.7. The van der Waals surface area contributed by atoms with Crippen LogP contribution in [0.1, 0.15) is 39.2 Å². The third-order valence-electron chi connectivity index (χ3n) is 4.33. The highest BCUT2D eigenvalue weighted by Gasteiger charge is 2.28. The summed E-state index contributed by atoms with van der Waals surface area (Å²) in [4.78, 5) is 2.59. The monoisotopic (exact) mass is 264 g/mol. The van der Waals surface area contributed by atoms with E-state index in [0.717, 1.165) is 25.6 Å². The molecule has 1 saturated heterocycles. The molecule has 3 nitrogen and oxygen atoms in total. The minimum absolute atomic E-state index is 0.478. The fourth-order valence-corrected chi connectivity index (χ4v) is 2.89. The van der Waals surface area contributed by atoms with E-state index in [9.17, 15) is 0 Å². The van der Waals surface area contributed by atoms with Gasteiger partial charge in [0.1, 0.15) is 0 Å². The molecule has 1 aromatic heterocycles. The molecule has 0 saturated carbocycles. The van der Waals surface area contributed by atoms with Gasteiger partial charge in [-0.2, -0.15) is 0 Å². The predicted octanol–water partition coefficient (Wildman–Crippen LogP) is 3.13. The molecule has 2 heterocycles. The van der Waals surface area contributed by atoms with Crippen LogP contribution < -0.4 is 5.32 Å². The molecule has 2 rings (SSSR count). The lowest BCUT2D eigenvalue weighted by molar-refractivity contribution is 0.113. The quantitative estimate of drug-likeness (QED) is 0.828. The minimum Gasteiger partial charge on any atom is -0.472 e. The van der Waals surface area contributed by atoms with E-state index in [2.05, 4.69) is 31.0 Å². The summed E-state index contributed by atoms with van der Waals surface area (Å²) in [5.74, 6) is 0.891. The van der Waals surface area contributed by atoms with Gasteiger partial charge in [0.15, 0.2) is 0 Å². The fourth-order valence-electron chi connectivity index (χ4n) is 2.89. The van der Waals surface area contributed by atoms with Crippen LogP contribution in [0.2, 0.25) is 0 Å². The highest BCUT2D eigenvalue weighted by molar-refractivity contribution is 5.04. The van der Waals surface area contributed by atoms with E-state index in [-0.39, 0.29) is 0 Å². The van der Waals surface area contributed by atoms with Gasteiger partial charge < -0.3 is 14.6 Å². The summed E-state index contributed by atoms with van der Waals surface area (Å²) in [5.41, 5.74) is 1.71. The number of hydrogen-bond acceptors (Lipinski definition) is 3.